The Hall–Kier alpha value is -2.88. The van der Waals surface area contributed by atoms with Crippen LogP contribution in [0, 0.1) is 0 Å². The highest BCUT2D eigenvalue weighted by molar-refractivity contribution is 6.00. The molecule has 0 saturated carbocycles. The third-order valence-electron chi connectivity index (χ3n) is 4.21. The number of aliphatic hydroxyl groups excluding tert-OH is 1. The lowest BCUT2D eigenvalue weighted by Crippen LogP contribution is -2.56. The van der Waals surface area contributed by atoms with E-state index in [0.717, 1.165) is 0 Å². The molecule has 0 bridgehead atoms. The van der Waals surface area contributed by atoms with Crippen LogP contribution in [0.2, 0.25) is 0 Å². The molecule has 3 rings (SSSR count). The standard InChI is InChI=1S/C18H22N4O5/c23-12-15(18(26)20-22-7-9-27-10-8-22)19-17(25)14-11-13(3-4-16(14)24)21-5-1-2-6-21/h1-6,11,15,23-24H,7-10,12H2,(H,19,25)(H,20,26). The van der Waals surface area contributed by atoms with Crippen molar-refractivity contribution in [1.82, 2.24) is 20.3 Å². The van der Waals surface area contributed by atoms with Gasteiger partial charge in [-0.15, -0.1) is 0 Å². The van der Waals surface area contributed by atoms with Crippen molar-refractivity contribution in [2.45, 2.75) is 6.04 Å². The average molecular weight is 374 g/mol. The van der Waals surface area contributed by atoms with Crippen molar-refractivity contribution in [3.05, 3.63) is 48.3 Å². The Morgan fingerprint density at radius 1 is 1.19 bits per heavy atom. The summed E-state index contributed by atoms with van der Waals surface area (Å²) in [7, 11) is 0. The van der Waals surface area contributed by atoms with E-state index in [9.17, 15) is 19.8 Å². The maximum Gasteiger partial charge on any atom is 0.259 e. The molecule has 1 aliphatic rings. The molecule has 1 unspecified atom stereocenters. The number of rotatable bonds is 6. The molecule has 1 aromatic heterocycles. The average Bonchev–Trinajstić information content (AvgIpc) is 3.21. The summed E-state index contributed by atoms with van der Waals surface area (Å²) < 4.78 is 6.99. The van der Waals surface area contributed by atoms with E-state index in [1.807, 2.05) is 12.1 Å². The van der Waals surface area contributed by atoms with Crippen LogP contribution < -0.4 is 10.7 Å². The molecule has 2 amide bonds. The molecule has 4 N–H and O–H groups in total. The number of hydrogen-bond donors (Lipinski definition) is 4. The van der Waals surface area contributed by atoms with Crippen LogP contribution in [-0.4, -0.2) is 70.6 Å². The number of morpholine rings is 1. The van der Waals surface area contributed by atoms with E-state index >= 15 is 0 Å². The number of aliphatic hydroxyl groups is 1. The monoisotopic (exact) mass is 374 g/mol. The highest BCUT2D eigenvalue weighted by Gasteiger charge is 2.24. The number of amides is 2. The zero-order valence-electron chi connectivity index (χ0n) is 14.7. The van der Waals surface area contributed by atoms with Crippen molar-refractivity contribution < 1.29 is 24.5 Å². The number of hydrazine groups is 1. The quantitative estimate of drug-likeness (QED) is 0.549. The third-order valence-corrected chi connectivity index (χ3v) is 4.21. The van der Waals surface area contributed by atoms with Gasteiger partial charge in [0.2, 0.25) is 0 Å². The van der Waals surface area contributed by atoms with Crippen molar-refractivity contribution in [3.8, 4) is 11.4 Å². The van der Waals surface area contributed by atoms with Gasteiger partial charge in [0.25, 0.3) is 11.8 Å². The van der Waals surface area contributed by atoms with E-state index in [1.54, 1.807) is 28.0 Å². The molecule has 0 radical (unpaired) electrons. The lowest BCUT2D eigenvalue weighted by Gasteiger charge is -2.28. The van der Waals surface area contributed by atoms with Gasteiger partial charge in [0.1, 0.15) is 11.8 Å². The van der Waals surface area contributed by atoms with Gasteiger partial charge < -0.3 is 24.8 Å². The highest BCUT2D eigenvalue weighted by atomic mass is 16.5. The van der Waals surface area contributed by atoms with E-state index in [4.69, 9.17) is 4.74 Å². The number of carbonyl (C=O) groups excluding carboxylic acids is 2. The summed E-state index contributed by atoms with van der Waals surface area (Å²) >= 11 is 0. The van der Waals surface area contributed by atoms with Crippen molar-refractivity contribution in [2.75, 3.05) is 32.9 Å². The van der Waals surface area contributed by atoms with Crippen molar-refractivity contribution in [3.63, 3.8) is 0 Å². The molecule has 1 fully saturated rings. The van der Waals surface area contributed by atoms with E-state index < -0.39 is 24.5 Å². The van der Waals surface area contributed by atoms with Gasteiger partial charge >= 0.3 is 0 Å². The molecule has 2 heterocycles. The second kappa shape index (κ2) is 8.67. The molecular weight excluding hydrogens is 352 g/mol. The topological polar surface area (TPSA) is 116 Å². The van der Waals surface area contributed by atoms with Gasteiger partial charge in [0.15, 0.2) is 0 Å². The van der Waals surface area contributed by atoms with Gasteiger partial charge in [-0.25, -0.2) is 5.01 Å². The van der Waals surface area contributed by atoms with Crippen LogP contribution in [0.3, 0.4) is 0 Å². The predicted octanol–water partition coefficient (Wildman–Crippen LogP) is -0.363. The summed E-state index contributed by atoms with van der Waals surface area (Å²) in [5.41, 5.74) is 3.34. The van der Waals surface area contributed by atoms with Gasteiger partial charge in [0, 0.05) is 31.2 Å². The first-order valence-electron chi connectivity index (χ1n) is 8.60. The van der Waals surface area contributed by atoms with E-state index in [0.29, 0.717) is 32.0 Å². The Labute approximate surface area is 156 Å². The molecule has 1 saturated heterocycles. The van der Waals surface area contributed by atoms with E-state index in [2.05, 4.69) is 10.7 Å². The molecule has 0 aliphatic carbocycles. The molecule has 144 valence electrons. The minimum atomic E-state index is -1.14. The molecule has 0 spiro atoms. The van der Waals surface area contributed by atoms with Gasteiger partial charge in [0.05, 0.1) is 25.4 Å². The van der Waals surface area contributed by atoms with Crippen molar-refractivity contribution in [1.29, 1.82) is 0 Å². The fraction of sp³-hybridized carbons (Fsp3) is 0.333. The first-order valence-corrected chi connectivity index (χ1v) is 8.60. The van der Waals surface area contributed by atoms with Gasteiger partial charge in [-0.3, -0.25) is 15.0 Å². The van der Waals surface area contributed by atoms with Gasteiger partial charge in [-0.05, 0) is 30.3 Å². The summed E-state index contributed by atoms with van der Waals surface area (Å²) in [5, 5.41) is 23.7. The Morgan fingerprint density at radius 3 is 2.56 bits per heavy atom. The zero-order chi connectivity index (χ0) is 19.2. The summed E-state index contributed by atoms with van der Waals surface area (Å²) in [5.74, 6) is -1.40. The fourth-order valence-electron chi connectivity index (χ4n) is 2.71. The molecule has 27 heavy (non-hydrogen) atoms. The lowest BCUT2D eigenvalue weighted by atomic mass is 10.1. The van der Waals surface area contributed by atoms with Crippen LogP contribution in [0.4, 0.5) is 0 Å². The number of carbonyl (C=O) groups is 2. The Morgan fingerprint density at radius 2 is 1.89 bits per heavy atom. The second-order valence-electron chi connectivity index (χ2n) is 6.08. The van der Waals surface area contributed by atoms with Gasteiger partial charge in [-0.1, -0.05) is 0 Å². The van der Waals surface area contributed by atoms with Crippen LogP contribution in [0.25, 0.3) is 5.69 Å². The number of ether oxygens (including phenoxy) is 1. The smallest absolute Gasteiger partial charge is 0.259 e. The van der Waals surface area contributed by atoms with Gasteiger partial charge in [-0.2, -0.15) is 0 Å². The molecule has 1 aliphatic heterocycles. The minimum absolute atomic E-state index is 0.0128. The fourth-order valence-corrected chi connectivity index (χ4v) is 2.71. The number of nitrogens with zero attached hydrogens (tertiary/aromatic N) is 2. The van der Waals surface area contributed by atoms with E-state index in [1.165, 1.54) is 12.1 Å². The molecule has 1 aromatic carbocycles. The first kappa shape index (κ1) is 18.9. The number of hydrogen-bond acceptors (Lipinski definition) is 6. The number of aromatic nitrogens is 1. The summed E-state index contributed by atoms with van der Waals surface area (Å²) in [6.45, 7) is 1.47. The van der Waals surface area contributed by atoms with Crippen molar-refractivity contribution >= 4 is 11.8 Å². The molecule has 2 aromatic rings. The number of nitrogens with one attached hydrogen (secondary N) is 2. The van der Waals surface area contributed by atoms with Crippen LogP contribution in [0.1, 0.15) is 10.4 Å². The summed E-state index contributed by atoms with van der Waals surface area (Å²) in [6.07, 6.45) is 3.61. The Bertz CT molecular complexity index is 787. The van der Waals surface area contributed by atoms with E-state index in [-0.39, 0.29) is 11.3 Å². The molecular formula is C18H22N4O5. The normalized spacial score (nSPS) is 15.9. The van der Waals surface area contributed by atoms with Crippen LogP contribution >= 0.6 is 0 Å². The van der Waals surface area contributed by atoms with Crippen LogP contribution in [-0.2, 0) is 9.53 Å². The number of phenols is 1. The molecule has 1 atom stereocenters. The third kappa shape index (κ3) is 4.64. The SMILES string of the molecule is O=C(NC(CO)C(=O)NN1CCOCC1)c1cc(-n2cccc2)ccc1O. The minimum Gasteiger partial charge on any atom is -0.507 e. The summed E-state index contributed by atoms with van der Waals surface area (Å²) in [4.78, 5) is 24.9. The number of phenolic OH excluding ortho intramolecular Hbond substituents is 1. The zero-order valence-corrected chi connectivity index (χ0v) is 14.7. The Balaban J connectivity index is 1.69. The Kier molecular flexibility index (Phi) is 6.07. The largest absolute Gasteiger partial charge is 0.507 e. The first-order chi connectivity index (χ1) is 13.1. The maximum atomic E-state index is 12.5. The molecule has 9 heteroatoms. The lowest BCUT2D eigenvalue weighted by molar-refractivity contribution is -0.130. The maximum absolute atomic E-state index is 12.5. The molecule has 9 nitrogen and oxygen atoms in total. The van der Waals surface area contributed by atoms with Crippen LogP contribution in [0.5, 0.6) is 5.75 Å². The highest BCUT2D eigenvalue weighted by Crippen LogP contribution is 2.21. The predicted molar refractivity (Wildman–Crippen MR) is 96.3 cm³/mol. The number of aromatic hydroxyl groups is 1. The summed E-state index contributed by atoms with van der Waals surface area (Å²) in [6, 6.07) is 7.12. The van der Waals surface area contributed by atoms with Crippen LogP contribution in [0.15, 0.2) is 42.7 Å². The van der Waals surface area contributed by atoms with Crippen molar-refractivity contribution in [2.24, 2.45) is 0 Å². The second-order valence-corrected chi connectivity index (χ2v) is 6.08. The number of benzene rings is 1.